The third-order valence-corrected chi connectivity index (χ3v) is 21.3. The van der Waals surface area contributed by atoms with E-state index in [-0.39, 0.29) is 26.9 Å². The van der Waals surface area contributed by atoms with E-state index < -0.39 is 0 Å². The van der Waals surface area contributed by atoms with E-state index in [0.717, 1.165) is 45.5 Å². The highest BCUT2D eigenvalue weighted by Gasteiger charge is 2.54. The standard InChI is InChI=1S/C74H44B4N4O2S/c1-41-69-65-71-67-73(41)83-61-35-19-13-29-51(61)75(67)47-25-9-15-31-55(47)81(71)57-33-17-11-27-49(57)77(65)53-37-45-46-38-54-60(40-64(46)85-63(45)39-59(53)79(69)43-21-5-3-6-22-43)80(44-23-7-4-8-24-44)70-42(2)74-68-72-66(70)78(54)50-28-12-18-34-58(50)82(72)56-32-16-10-26-48(56)76(68)52-30-14-20-36-62(52)84-74/h3-40H,1-2H3. The number of hydrogen-bond donors (Lipinski definition) is 0. The molecule has 390 valence electrons. The Balaban J connectivity index is 0.861. The summed E-state index contributed by atoms with van der Waals surface area (Å²) in [4.78, 5) is 10.3. The molecule has 0 aliphatic carbocycles. The molecule has 0 unspecified atom stereocenters. The maximum absolute atomic E-state index is 7.29. The van der Waals surface area contributed by atoms with Gasteiger partial charge in [0.05, 0.1) is 11.4 Å². The maximum atomic E-state index is 7.29. The van der Waals surface area contributed by atoms with Crippen LogP contribution in [0.2, 0.25) is 0 Å². The zero-order chi connectivity index (χ0) is 55.2. The second-order valence-corrected chi connectivity index (χ2v) is 25.2. The first-order valence-corrected chi connectivity index (χ1v) is 30.5. The van der Waals surface area contributed by atoms with Crippen LogP contribution in [0.3, 0.4) is 0 Å². The first-order chi connectivity index (χ1) is 42.1. The predicted molar refractivity (Wildman–Crippen MR) is 359 cm³/mol. The smallest absolute Gasteiger partial charge is 0.256 e. The highest BCUT2D eigenvalue weighted by Crippen LogP contribution is 2.54. The van der Waals surface area contributed by atoms with Crippen molar-refractivity contribution in [1.29, 1.82) is 0 Å². The van der Waals surface area contributed by atoms with Gasteiger partial charge in [-0.05, 0) is 163 Å². The van der Waals surface area contributed by atoms with E-state index in [1.54, 1.807) is 0 Å². The molecule has 1 aromatic heterocycles. The molecular weight excluding hydrogens is 1050 g/mol. The number of hydrogen-bond acceptors (Lipinski definition) is 7. The van der Waals surface area contributed by atoms with E-state index in [9.17, 15) is 0 Å². The summed E-state index contributed by atoms with van der Waals surface area (Å²) in [6.07, 6.45) is 0. The SMILES string of the molecule is Cc1c2c3c4c5c1N(c1ccccc1)c1cc6sc7cc8c(cc7c6cc1B5c1ccccc1N4c1ccccc1B3c1ccccc1O2)B1c2ccccc2N2c3ccccc3B3c4ccccc4Oc4c(C)c(c1c2c43)N8c1ccccc1. The Kier molecular flexibility index (Phi) is 8.53. The minimum absolute atomic E-state index is 0.00345. The molecule has 0 bridgehead atoms. The molecule has 85 heavy (non-hydrogen) atoms. The number of anilines is 12. The third kappa shape index (κ3) is 5.49. The van der Waals surface area contributed by atoms with Gasteiger partial charge in [0.25, 0.3) is 26.9 Å². The van der Waals surface area contributed by atoms with Gasteiger partial charge < -0.3 is 29.1 Å². The second-order valence-electron chi connectivity index (χ2n) is 24.1. The Labute approximate surface area is 496 Å². The number of rotatable bonds is 2. The Morgan fingerprint density at radius 1 is 0.294 bits per heavy atom. The average molecular weight is 1100 g/mol. The van der Waals surface area contributed by atoms with Gasteiger partial charge in [0, 0.05) is 77.4 Å². The fourth-order valence-electron chi connectivity index (χ4n) is 17.1. The number of nitrogens with zero attached hydrogens (tertiary/aromatic N) is 4. The number of benzene rings is 12. The van der Waals surface area contributed by atoms with Crippen molar-refractivity contribution in [2.75, 3.05) is 19.6 Å². The van der Waals surface area contributed by atoms with Gasteiger partial charge in [-0.15, -0.1) is 11.3 Å². The minimum Gasteiger partial charge on any atom is -0.458 e. The molecule has 0 amide bonds. The van der Waals surface area contributed by atoms with Crippen LogP contribution in [0.5, 0.6) is 23.0 Å². The molecule has 21 rings (SSSR count). The van der Waals surface area contributed by atoms with Crippen molar-refractivity contribution in [3.05, 3.63) is 242 Å². The van der Waals surface area contributed by atoms with Crippen molar-refractivity contribution in [2.45, 2.75) is 13.8 Å². The van der Waals surface area contributed by atoms with Crippen LogP contribution >= 0.6 is 11.3 Å². The molecule has 0 atom stereocenters. The van der Waals surface area contributed by atoms with Crippen LogP contribution in [0.4, 0.5) is 68.2 Å². The Bertz CT molecular complexity index is 4940. The maximum Gasteiger partial charge on any atom is 0.256 e. The van der Waals surface area contributed by atoms with Gasteiger partial charge in [0.2, 0.25) is 0 Å². The van der Waals surface area contributed by atoms with Crippen molar-refractivity contribution in [1.82, 2.24) is 0 Å². The lowest BCUT2D eigenvalue weighted by Gasteiger charge is -2.50. The molecule has 6 nitrogen and oxygen atoms in total. The summed E-state index contributed by atoms with van der Waals surface area (Å²) in [6, 6.07) is 86.5. The summed E-state index contributed by atoms with van der Waals surface area (Å²) < 4.78 is 17.1. The van der Waals surface area contributed by atoms with Gasteiger partial charge in [-0.2, -0.15) is 0 Å². The van der Waals surface area contributed by atoms with E-state index >= 15 is 0 Å². The second kappa shape index (κ2) is 16.0. The molecule has 11 heteroatoms. The van der Waals surface area contributed by atoms with Gasteiger partial charge in [0.15, 0.2) is 0 Å². The van der Waals surface area contributed by atoms with Gasteiger partial charge in [0.1, 0.15) is 23.0 Å². The van der Waals surface area contributed by atoms with Gasteiger partial charge in [-0.25, -0.2) is 0 Å². The molecule has 0 saturated carbocycles. The summed E-state index contributed by atoms with van der Waals surface area (Å²) >= 11 is 1.91. The fraction of sp³-hybridized carbons (Fsp3) is 0.0270. The van der Waals surface area contributed by atoms with Crippen LogP contribution in [0.1, 0.15) is 11.1 Å². The zero-order valence-corrected chi connectivity index (χ0v) is 47.1. The third-order valence-electron chi connectivity index (χ3n) is 20.2. The largest absolute Gasteiger partial charge is 0.458 e. The lowest BCUT2D eigenvalue weighted by Crippen LogP contribution is -2.68. The van der Waals surface area contributed by atoms with E-state index in [0.29, 0.717) is 0 Å². The van der Waals surface area contributed by atoms with E-state index in [1.807, 2.05) is 11.3 Å². The van der Waals surface area contributed by atoms with Crippen LogP contribution < -0.4 is 94.6 Å². The highest BCUT2D eigenvalue weighted by molar-refractivity contribution is 7.26. The molecule has 0 fully saturated rings. The molecule has 0 spiro atoms. The molecule has 8 aliphatic heterocycles. The molecular formula is C74H44B4N4O2S. The summed E-state index contributed by atoms with van der Waals surface area (Å²) in [5, 5.41) is 2.57. The summed E-state index contributed by atoms with van der Waals surface area (Å²) in [5.41, 5.74) is 32.2. The Morgan fingerprint density at radius 2 is 0.624 bits per heavy atom. The van der Waals surface area contributed by atoms with Crippen LogP contribution in [0.15, 0.2) is 231 Å². The van der Waals surface area contributed by atoms with E-state index in [1.165, 1.54) is 143 Å². The lowest BCUT2D eigenvalue weighted by molar-refractivity contribution is 0.484. The predicted octanol–water partition coefficient (Wildman–Crippen LogP) is 10.7. The van der Waals surface area contributed by atoms with Gasteiger partial charge in [-0.3, -0.25) is 0 Å². The first-order valence-electron chi connectivity index (χ1n) is 29.7. The molecule has 9 heterocycles. The molecule has 8 aliphatic rings. The van der Waals surface area contributed by atoms with Gasteiger partial charge in [-0.1, -0.05) is 158 Å². The normalized spacial score (nSPS) is 14.7. The molecule has 12 aromatic carbocycles. The number of para-hydroxylation sites is 8. The summed E-state index contributed by atoms with van der Waals surface area (Å²) in [5.74, 6) is 3.78. The van der Waals surface area contributed by atoms with Crippen molar-refractivity contribution in [3.8, 4) is 23.0 Å². The minimum atomic E-state index is -0.0708. The molecule has 0 N–H and O–H groups in total. The number of ether oxygens (including phenoxy) is 2. The van der Waals surface area contributed by atoms with Crippen LogP contribution in [-0.2, 0) is 0 Å². The highest BCUT2D eigenvalue weighted by atomic mass is 32.1. The van der Waals surface area contributed by atoms with E-state index in [4.69, 9.17) is 9.47 Å². The van der Waals surface area contributed by atoms with E-state index in [2.05, 4.69) is 264 Å². The van der Waals surface area contributed by atoms with Crippen molar-refractivity contribution in [2.24, 2.45) is 0 Å². The number of fused-ring (bicyclic) bond motifs is 23. The van der Waals surface area contributed by atoms with Crippen LogP contribution in [0.25, 0.3) is 20.2 Å². The molecule has 0 saturated heterocycles. The monoisotopic (exact) mass is 1100 g/mol. The quantitative estimate of drug-likeness (QED) is 0.160. The zero-order valence-electron chi connectivity index (χ0n) is 46.3. The fourth-order valence-corrected chi connectivity index (χ4v) is 18.2. The lowest BCUT2D eigenvalue weighted by atomic mass is 9.29. The Hall–Kier alpha value is -10.1. The average Bonchev–Trinajstić information content (AvgIpc) is 1.19. The van der Waals surface area contributed by atoms with Crippen molar-refractivity contribution in [3.63, 3.8) is 0 Å². The van der Waals surface area contributed by atoms with Crippen LogP contribution in [-0.4, -0.2) is 26.9 Å². The Morgan fingerprint density at radius 3 is 1.01 bits per heavy atom. The topological polar surface area (TPSA) is 31.4 Å². The van der Waals surface area contributed by atoms with Gasteiger partial charge >= 0.3 is 0 Å². The first kappa shape index (κ1) is 45.4. The molecule has 0 radical (unpaired) electrons. The summed E-state index contributed by atoms with van der Waals surface area (Å²) in [7, 11) is 0. The van der Waals surface area contributed by atoms with Crippen LogP contribution in [0, 0.1) is 13.8 Å². The summed E-state index contributed by atoms with van der Waals surface area (Å²) in [6.45, 7) is 4.49. The number of thiophene rings is 1. The van der Waals surface area contributed by atoms with Crippen molar-refractivity contribution >= 4 is 192 Å². The van der Waals surface area contributed by atoms with Crippen molar-refractivity contribution < 1.29 is 9.47 Å². The molecule has 13 aromatic rings.